The van der Waals surface area contributed by atoms with Crippen LogP contribution in [0.1, 0.15) is 12.0 Å². The number of benzene rings is 1. The van der Waals surface area contributed by atoms with Gasteiger partial charge in [-0.05, 0) is 35.9 Å². The number of aromatic nitrogens is 1. The zero-order chi connectivity index (χ0) is 18.0. The molecule has 0 bridgehead atoms. The first-order valence-corrected chi connectivity index (χ1v) is 7.96. The molecule has 1 aliphatic heterocycles. The summed E-state index contributed by atoms with van der Waals surface area (Å²) in [5, 5.41) is 13.2. The van der Waals surface area contributed by atoms with Gasteiger partial charge in [0.15, 0.2) is 0 Å². The van der Waals surface area contributed by atoms with Crippen molar-refractivity contribution in [2.24, 2.45) is 0 Å². The number of carbonyl (C=O) groups is 2. The molecule has 1 aromatic carbocycles. The SMILES string of the molecule is O=C(NCc1cc(F)cc(Cl)c1)C1(O)CCN(c2ccccn2)C1=O. The number of aliphatic hydroxyl groups is 1. The Morgan fingerprint density at radius 1 is 1.40 bits per heavy atom. The molecule has 25 heavy (non-hydrogen) atoms. The summed E-state index contributed by atoms with van der Waals surface area (Å²) < 4.78 is 13.3. The summed E-state index contributed by atoms with van der Waals surface area (Å²) in [5.41, 5.74) is -1.75. The topological polar surface area (TPSA) is 82.5 Å². The number of anilines is 1. The highest BCUT2D eigenvalue weighted by molar-refractivity contribution is 6.30. The fourth-order valence-corrected chi connectivity index (χ4v) is 2.93. The molecule has 3 rings (SSSR count). The average Bonchev–Trinajstić information content (AvgIpc) is 2.89. The molecule has 2 aromatic rings. The van der Waals surface area contributed by atoms with E-state index >= 15 is 0 Å². The molecule has 1 unspecified atom stereocenters. The van der Waals surface area contributed by atoms with Crippen molar-refractivity contribution in [3.05, 3.63) is 59.0 Å². The minimum Gasteiger partial charge on any atom is -0.372 e. The molecule has 2 N–H and O–H groups in total. The van der Waals surface area contributed by atoms with E-state index in [1.165, 1.54) is 23.2 Å². The Morgan fingerprint density at radius 2 is 2.20 bits per heavy atom. The molecule has 0 saturated carbocycles. The molecule has 1 aliphatic rings. The lowest BCUT2D eigenvalue weighted by molar-refractivity contribution is -0.149. The summed E-state index contributed by atoms with van der Waals surface area (Å²) in [6, 6.07) is 8.88. The van der Waals surface area contributed by atoms with E-state index < -0.39 is 23.2 Å². The average molecular weight is 364 g/mol. The zero-order valence-corrected chi connectivity index (χ0v) is 13.8. The number of amides is 2. The normalized spacial score (nSPS) is 20.0. The zero-order valence-electron chi connectivity index (χ0n) is 13.1. The maximum absolute atomic E-state index is 13.3. The van der Waals surface area contributed by atoms with Crippen LogP contribution in [-0.2, 0) is 16.1 Å². The van der Waals surface area contributed by atoms with E-state index in [2.05, 4.69) is 10.3 Å². The summed E-state index contributed by atoms with van der Waals surface area (Å²) in [7, 11) is 0. The first-order chi connectivity index (χ1) is 11.9. The standard InChI is InChI=1S/C17H15ClFN3O3/c18-12-7-11(8-13(19)9-12)10-21-15(23)17(25)4-6-22(16(17)24)14-3-1-2-5-20-14/h1-3,5,7-9,25H,4,6,10H2,(H,21,23). The third kappa shape index (κ3) is 3.47. The van der Waals surface area contributed by atoms with Gasteiger partial charge in [-0.3, -0.25) is 14.5 Å². The Balaban J connectivity index is 1.70. The lowest BCUT2D eigenvalue weighted by Crippen LogP contribution is -2.52. The highest BCUT2D eigenvalue weighted by Crippen LogP contribution is 2.27. The van der Waals surface area contributed by atoms with Gasteiger partial charge >= 0.3 is 0 Å². The van der Waals surface area contributed by atoms with Crippen molar-refractivity contribution < 1.29 is 19.1 Å². The van der Waals surface area contributed by atoms with Crippen LogP contribution in [0.3, 0.4) is 0 Å². The molecular weight excluding hydrogens is 349 g/mol. The number of nitrogens with zero attached hydrogens (tertiary/aromatic N) is 2. The molecule has 0 spiro atoms. The van der Waals surface area contributed by atoms with Crippen molar-refractivity contribution in [2.75, 3.05) is 11.4 Å². The van der Waals surface area contributed by atoms with Gasteiger partial charge in [-0.2, -0.15) is 0 Å². The van der Waals surface area contributed by atoms with E-state index in [-0.39, 0.29) is 24.5 Å². The number of nitrogens with one attached hydrogen (secondary N) is 1. The summed E-state index contributed by atoms with van der Waals surface area (Å²) in [6.07, 6.45) is 1.46. The Hall–Kier alpha value is -2.51. The fraction of sp³-hybridized carbons (Fsp3) is 0.235. The third-order valence-corrected chi connectivity index (χ3v) is 4.19. The molecule has 1 aromatic heterocycles. The Kier molecular flexibility index (Phi) is 4.69. The van der Waals surface area contributed by atoms with Crippen molar-refractivity contribution in [2.45, 2.75) is 18.6 Å². The third-order valence-electron chi connectivity index (χ3n) is 3.97. The molecule has 2 amide bonds. The number of pyridine rings is 1. The maximum atomic E-state index is 13.3. The number of carbonyl (C=O) groups excluding carboxylic acids is 2. The summed E-state index contributed by atoms with van der Waals surface area (Å²) >= 11 is 5.76. The van der Waals surface area contributed by atoms with Crippen LogP contribution in [0.5, 0.6) is 0 Å². The predicted molar refractivity (Wildman–Crippen MR) is 89.4 cm³/mol. The molecule has 1 fully saturated rings. The molecule has 1 atom stereocenters. The second-order valence-electron chi connectivity index (χ2n) is 5.72. The second-order valence-corrected chi connectivity index (χ2v) is 6.15. The Bertz CT molecular complexity index is 798. The minimum absolute atomic E-state index is 0.0574. The highest BCUT2D eigenvalue weighted by atomic mass is 35.5. The largest absolute Gasteiger partial charge is 0.372 e. The van der Waals surface area contributed by atoms with Gasteiger partial charge < -0.3 is 10.4 Å². The lowest BCUT2D eigenvalue weighted by Gasteiger charge is -2.21. The number of hydrogen-bond donors (Lipinski definition) is 2. The number of hydrogen-bond acceptors (Lipinski definition) is 4. The van der Waals surface area contributed by atoms with Gasteiger partial charge in [0, 0.05) is 30.7 Å². The van der Waals surface area contributed by atoms with Crippen LogP contribution in [-0.4, -0.2) is 34.1 Å². The molecule has 130 valence electrons. The first-order valence-electron chi connectivity index (χ1n) is 7.59. The highest BCUT2D eigenvalue weighted by Gasteiger charge is 2.51. The van der Waals surface area contributed by atoms with E-state index in [9.17, 15) is 19.1 Å². The van der Waals surface area contributed by atoms with E-state index in [1.54, 1.807) is 18.2 Å². The number of rotatable bonds is 4. The number of halogens is 2. The van der Waals surface area contributed by atoms with Gasteiger partial charge in [-0.25, -0.2) is 9.37 Å². The van der Waals surface area contributed by atoms with Gasteiger partial charge in [-0.1, -0.05) is 17.7 Å². The Labute approximate surface area is 148 Å². The summed E-state index contributed by atoms with van der Waals surface area (Å²) in [5.74, 6) is -1.74. The van der Waals surface area contributed by atoms with Gasteiger partial charge in [0.25, 0.3) is 11.8 Å². The van der Waals surface area contributed by atoms with E-state index in [4.69, 9.17) is 11.6 Å². The molecular formula is C17H15ClFN3O3. The fourth-order valence-electron chi connectivity index (χ4n) is 2.69. The van der Waals surface area contributed by atoms with Gasteiger partial charge in [-0.15, -0.1) is 0 Å². The van der Waals surface area contributed by atoms with Crippen molar-refractivity contribution in [1.29, 1.82) is 0 Å². The summed E-state index contributed by atoms with van der Waals surface area (Å²) in [4.78, 5) is 30.1. The smallest absolute Gasteiger partial charge is 0.270 e. The van der Waals surface area contributed by atoms with E-state index in [1.807, 2.05) is 0 Å². The molecule has 2 heterocycles. The van der Waals surface area contributed by atoms with Gasteiger partial charge in [0.1, 0.15) is 11.6 Å². The van der Waals surface area contributed by atoms with Crippen LogP contribution in [0.25, 0.3) is 0 Å². The monoisotopic (exact) mass is 363 g/mol. The predicted octanol–water partition coefficient (Wildman–Crippen LogP) is 1.66. The molecule has 6 nitrogen and oxygen atoms in total. The van der Waals surface area contributed by atoms with Crippen LogP contribution in [0.2, 0.25) is 5.02 Å². The van der Waals surface area contributed by atoms with Gasteiger partial charge in [0.2, 0.25) is 5.60 Å². The molecule has 8 heteroatoms. The van der Waals surface area contributed by atoms with E-state index in [0.29, 0.717) is 11.4 Å². The van der Waals surface area contributed by atoms with E-state index in [0.717, 1.165) is 6.07 Å². The lowest BCUT2D eigenvalue weighted by atomic mass is 10.0. The van der Waals surface area contributed by atoms with Crippen LogP contribution < -0.4 is 10.2 Å². The van der Waals surface area contributed by atoms with Crippen LogP contribution in [0.15, 0.2) is 42.6 Å². The Morgan fingerprint density at radius 3 is 2.88 bits per heavy atom. The van der Waals surface area contributed by atoms with Crippen LogP contribution in [0, 0.1) is 5.82 Å². The first kappa shape index (κ1) is 17.3. The van der Waals surface area contributed by atoms with Crippen molar-refractivity contribution in [3.63, 3.8) is 0 Å². The van der Waals surface area contributed by atoms with Crippen molar-refractivity contribution >= 4 is 29.2 Å². The van der Waals surface area contributed by atoms with Gasteiger partial charge in [0.05, 0.1) is 0 Å². The molecule has 0 aliphatic carbocycles. The van der Waals surface area contributed by atoms with Crippen LogP contribution in [0.4, 0.5) is 10.2 Å². The quantitative estimate of drug-likeness (QED) is 0.809. The summed E-state index contributed by atoms with van der Waals surface area (Å²) in [6.45, 7) is 0.112. The molecule has 0 radical (unpaired) electrons. The van der Waals surface area contributed by atoms with Crippen molar-refractivity contribution in [1.82, 2.24) is 10.3 Å². The van der Waals surface area contributed by atoms with Crippen molar-refractivity contribution in [3.8, 4) is 0 Å². The minimum atomic E-state index is -2.17. The molecule has 1 saturated heterocycles. The second kappa shape index (κ2) is 6.78. The maximum Gasteiger partial charge on any atom is 0.270 e. The van der Waals surface area contributed by atoms with Crippen LogP contribution >= 0.6 is 11.6 Å².